The Morgan fingerprint density at radius 2 is 1.82 bits per heavy atom. The number of H-pyrrole nitrogens is 1. The molecule has 0 saturated carbocycles. The van der Waals surface area contributed by atoms with E-state index < -0.39 is 0 Å². The van der Waals surface area contributed by atoms with Crippen LogP contribution in [0.15, 0.2) is 59.5 Å². The van der Waals surface area contributed by atoms with E-state index in [4.69, 9.17) is 27.9 Å². The van der Waals surface area contributed by atoms with Crippen molar-refractivity contribution in [3.8, 4) is 5.75 Å². The third-order valence-electron chi connectivity index (χ3n) is 5.98. The third-order valence-corrected chi connectivity index (χ3v) is 6.57. The molecule has 1 amide bonds. The van der Waals surface area contributed by atoms with Gasteiger partial charge in [0.05, 0.1) is 6.61 Å². The van der Waals surface area contributed by atoms with Crippen molar-refractivity contribution in [2.45, 2.75) is 19.9 Å². The summed E-state index contributed by atoms with van der Waals surface area (Å²) in [6.07, 6.45) is 2.31. The highest BCUT2D eigenvalue weighted by Crippen LogP contribution is 2.24. The van der Waals surface area contributed by atoms with Crippen LogP contribution >= 0.6 is 23.2 Å². The second kappa shape index (κ2) is 11.1. The van der Waals surface area contributed by atoms with E-state index in [0.29, 0.717) is 54.0 Å². The Balaban J connectivity index is 1.33. The van der Waals surface area contributed by atoms with Crippen LogP contribution in [-0.4, -0.2) is 53.5 Å². The van der Waals surface area contributed by atoms with E-state index >= 15 is 0 Å². The average Bonchev–Trinajstić information content (AvgIpc) is 2.82. The molecule has 1 fully saturated rings. The number of nitrogens with zero attached hydrogens (tertiary/aromatic N) is 2. The van der Waals surface area contributed by atoms with E-state index in [0.717, 1.165) is 29.8 Å². The standard InChI is InChI=1S/C26H27Cl2N3O3/c1-18-2-3-21(15-24(18)34-13-7-20-4-5-22(27)16-23(20)28)26(33)31-11-9-30(10-12-31)17-19-6-8-29-25(32)14-19/h2-6,8,14-16H,7,9-13,17H2,1H3,(H,29,32). The van der Waals surface area contributed by atoms with E-state index in [1.54, 1.807) is 18.3 Å². The summed E-state index contributed by atoms with van der Waals surface area (Å²) in [4.78, 5) is 31.4. The summed E-state index contributed by atoms with van der Waals surface area (Å²) in [7, 11) is 0. The SMILES string of the molecule is Cc1ccc(C(=O)N2CCN(Cc3cc[nH]c(=O)c3)CC2)cc1OCCc1ccc(Cl)cc1Cl. The Morgan fingerprint density at radius 1 is 1.03 bits per heavy atom. The fraction of sp³-hybridized carbons (Fsp3) is 0.308. The summed E-state index contributed by atoms with van der Waals surface area (Å²) in [5.41, 5.74) is 3.44. The lowest BCUT2D eigenvalue weighted by molar-refractivity contribution is 0.0628. The second-order valence-electron chi connectivity index (χ2n) is 8.44. The third kappa shape index (κ3) is 6.20. The second-order valence-corrected chi connectivity index (χ2v) is 9.29. The molecule has 6 nitrogen and oxygen atoms in total. The molecule has 178 valence electrons. The van der Waals surface area contributed by atoms with E-state index in [2.05, 4.69) is 9.88 Å². The molecular formula is C26H27Cl2N3O3. The van der Waals surface area contributed by atoms with Crippen LogP contribution in [0.1, 0.15) is 27.0 Å². The number of aryl methyl sites for hydroxylation is 1. The predicted molar refractivity (Wildman–Crippen MR) is 135 cm³/mol. The number of carbonyl (C=O) groups is 1. The maximum Gasteiger partial charge on any atom is 0.254 e. The molecule has 1 saturated heterocycles. The number of aromatic amines is 1. The van der Waals surface area contributed by atoms with Crippen LogP contribution < -0.4 is 10.3 Å². The first kappa shape index (κ1) is 24.3. The lowest BCUT2D eigenvalue weighted by Crippen LogP contribution is -2.48. The summed E-state index contributed by atoms with van der Waals surface area (Å²) in [6, 6.07) is 14.6. The number of halogens is 2. The quantitative estimate of drug-likeness (QED) is 0.516. The van der Waals surface area contributed by atoms with Crippen LogP contribution in [0.3, 0.4) is 0 Å². The lowest BCUT2D eigenvalue weighted by atomic mass is 10.1. The Morgan fingerprint density at radius 3 is 2.56 bits per heavy atom. The molecule has 0 spiro atoms. The number of pyridine rings is 1. The maximum absolute atomic E-state index is 13.1. The van der Waals surface area contributed by atoms with Gasteiger partial charge in [-0.25, -0.2) is 0 Å². The Kier molecular flexibility index (Phi) is 7.93. The average molecular weight is 500 g/mol. The number of hydrogen-bond acceptors (Lipinski definition) is 4. The molecule has 0 radical (unpaired) electrons. The molecule has 2 aromatic carbocycles. The number of amides is 1. The van der Waals surface area contributed by atoms with Crippen molar-refractivity contribution in [2.24, 2.45) is 0 Å². The molecular weight excluding hydrogens is 473 g/mol. The molecule has 0 bridgehead atoms. The Labute approximate surface area is 209 Å². The zero-order chi connectivity index (χ0) is 24.1. The minimum atomic E-state index is -0.0972. The zero-order valence-corrected chi connectivity index (χ0v) is 20.5. The number of ether oxygens (including phenoxy) is 1. The van der Waals surface area contributed by atoms with Gasteiger partial charge in [0.1, 0.15) is 5.75 Å². The van der Waals surface area contributed by atoms with Gasteiger partial charge in [0.15, 0.2) is 0 Å². The minimum Gasteiger partial charge on any atom is -0.493 e. The van der Waals surface area contributed by atoms with Crippen molar-refractivity contribution in [1.82, 2.24) is 14.8 Å². The van der Waals surface area contributed by atoms with Gasteiger partial charge in [0, 0.05) is 67.0 Å². The predicted octanol–water partition coefficient (Wildman–Crippen LogP) is 4.57. The van der Waals surface area contributed by atoms with Gasteiger partial charge in [-0.2, -0.15) is 0 Å². The maximum atomic E-state index is 13.1. The van der Waals surface area contributed by atoms with Crippen molar-refractivity contribution < 1.29 is 9.53 Å². The number of benzene rings is 2. The van der Waals surface area contributed by atoms with Crippen LogP contribution in [0.4, 0.5) is 0 Å². The zero-order valence-electron chi connectivity index (χ0n) is 19.0. The molecule has 3 aromatic rings. The van der Waals surface area contributed by atoms with E-state index in [-0.39, 0.29) is 11.5 Å². The molecule has 8 heteroatoms. The fourth-order valence-electron chi connectivity index (χ4n) is 4.02. The van der Waals surface area contributed by atoms with E-state index in [1.165, 1.54) is 0 Å². The smallest absolute Gasteiger partial charge is 0.254 e. The fourth-order valence-corrected chi connectivity index (χ4v) is 4.52. The van der Waals surface area contributed by atoms with E-state index in [9.17, 15) is 9.59 Å². The number of hydrogen-bond donors (Lipinski definition) is 1. The van der Waals surface area contributed by atoms with Gasteiger partial charge < -0.3 is 14.6 Å². The number of carbonyl (C=O) groups excluding carboxylic acids is 1. The summed E-state index contributed by atoms with van der Waals surface area (Å²) in [5.74, 6) is 0.699. The molecule has 34 heavy (non-hydrogen) atoms. The van der Waals surface area contributed by atoms with Crippen LogP contribution in [-0.2, 0) is 13.0 Å². The van der Waals surface area contributed by atoms with Crippen molar-refractivity contribution >= 4 is 29.1 Å². The largest absolute Gasteiger partial charge is 0.493 e. The number of aromatic nitrogens is 1. The van der Waals surface area contributed by atoms with Crippen molar-refractivity contribution in [3.63, 3.8) is 0 Å². The summed E-state index contributed by atoms with van der Waals surface area (Å²) in [6.45, 7) is 5.91. The molecule has 0 aliphatic carbocycles. The van der Waals surface area contributed by atoms with Gasteiger partial charge in [-0.3, -0.25) is 14.5 Å². The van der Waals surface area contributed by atoms with Gasteiger partial charge in [-0.1, -0.05) is 35.3 Å². The summed E-state index contributed by atoms with van der Waals surface area (Å²) >= 11 is 12.2. The van der Waals surface area contributed by atoms with Gasteiger partial charge in [0.25, 0.3) is 5.91 Å². The molecule has 4 rings (SSSR count). The van der Waals surface area contributed by atoms with Crippen molar-refractivity contribution in [2.75, 3.05) is 32.8 Å². The van der Waals surface area contributed by atoms with Crippen LogP contribution in [0.5, 0.6) is 5.75 Å². The lowest BCUT2D eigenvalue weighted by Gasteiger charge is -2.34. The monoisotopic (exact) mass is 499 g/mol. The molecule has 0 atom stereocenters. The van der Waals surface area contributed by atoms with Gasteiger partial charge in [-0.05, 0) is 53.9 Å². The number of nitrogens with one attached hydrogen (secondary N) is 1. The van der Waals surface area contributed by atoms with Crippen molar-refractivity contribution in [3.05, 3.63) is 97.4 Å². The van der Waals surface area contributed by atoms with Crippen LogP contribution in [0, 0.1) is 6.92 Å². The molecule has 2 heterocycles. The molecule has 1 aliphatic heterocycles. The summed E-state index contributed by atoms with van der Waals surface area (Å²) < 4.78 is 6.00. The minimum absolute atomic E-state index is 0.00130. The van der Waals surface area contributed by atoms with Gasteiger partial charge in [0.2, 0.25) is 5.56 Å². The first-order valence-electron chi connectivity index (χ1n) is 11.3. The van der Waals surface area contributed by atoms with Crippen LogP contribution in [0.2, 0.25) is 10.0 Å². The highest BCUT2D eigenvalue weighted by molar-refractivity contribution is 6.35. The molecule has 1 aromatic heterocycles. The first-order valence-corrected chi connectivity index (χ1v) is 12.0. The number of piperazine rings is 1. The molecule has 1 aliphatic rings. The van der Waals surface area contributed by atoms with Gasteiger partial charge in [-0.15, -0.1) is 0 Å². The van der Waals surface area contributed by atoms with Crippen LogP contribution in [0.25, 0.3) is 0 Å². The number of rotatable bonds is 7. The normalized spacial score (nSPS) is 14.3. The molecule has 0 unspecified atom stereocenters. The van der Waals surface area contributed by atoms with E-state index in [1.807, 2.05) is 48.2 Å². The van der Waals surface area contributed by atoms with Gasteiger partial charge >= 0.3 is 0 Å². The highest BCUT2D eigenvalue weighted by Gasteiger charge is 2.23. The Bertz CT molecular complexity index is 1220. The summed E-state index contributed by atoms with van der Waals surface area (Å²) in [5, 5.41) is 1.22. The van der Waals surface area contributed by atoms with Crippen molar-refractivity contribution in [1.29, 1.82) is 0 Å². The highest BCUT2D eigenvalue weighted by atomic mass is 35.5. The Hall–Kier alpha value is -2.80. The first-order chi connectivity index (χ1) is 16.4. The molecule has 1 N–H and O–H groups in total. The topological polar surface area (TPSA) is 65.6 Å².